The number of rotatable bonds is 6. The van der Waals surface area contributed by atoms with Crippen molar-refractivity contribution in [2.75, 3.05) is 35.8 Å². The van der Waals surface area contributed by atoms with Crippen molar-refractivity contribution in [3.05, 3.63) is 58.6 Å². The molecule has 0 spiro atoms. The van der Waals surface area contributed by atoms with Crippen molar-refractivity contribution in [3.63, 3.8) is 0 Å². The Morgan fingerprint density at radius 2 is 1.76 bits per heavy atom. The fourth-order valence-corrected chi connectivity index (χ4v) is 5.04. The number of nitrogens with zero attached hydrogens (tertiary/aromatic N) is 3. The van der Waals surface area contributed by atoms with Gasteiger partial charge in [-0.1, -0.05) is 34.1 Å². The molecule has 1 aliphatic carbocycles. The van der Waals surface area contributed by atoms with Crippen LogP contribution in [-0.4, -0.2) is 37.7 Å². The third kappa shape index (κ3) is 5.24. The minimum absolute atomic E-state index is 0.0925. The van der Waals surface area contributed by atoms with Gasteiger partial charge in [0.1, 0.15) is 11.5 Å². The first-order chi connectivity index (χ1) is 16.2. The zero-order valence-corrected chi connectivity index (χ0v) is 20.8. The molecule has 1 fully saturated rings. The van der Waals surface area contributed by atoms with E-state index in [9.17, 15) is 13.6 Å². The van der Waals surface area contributed by atoms with Crippen LogP contribution < -0.4 is 20.9 Å². The third-order valence-corrected chi connectivity index (χ3v) is 6.79. The summed E-state index contributed by atoms with van der Waals surface area (Å²) in [5.41, 5.74) is 7.12. The molecule has 3 N–H and O–H groups in total. The van der Waals surface area contributed by atoms with Crippen LogP contribution in [0.5, 0.6) is 0 Å². The first-order valence-corrected chi connectivity index (χ1v) is 12.1. The first kappa shape index (κ1) is 24.2. The highest BCUT2D eigenvalue weighted by molar-refractivity contribution is 9.10. The van der Waals surface area contributed by atoms with Gasteiger partial charge in [0, 0.05) is 48.3 Å². The third-order valence-electron chi connectivity index (χ3n) is 6.33. The molecule has 0 atom stereocenters. The van der Waals surface area contributed by atoms with Crippen molar-refractivity contribution >= 4 is 50.1 Å². The van der Waals surface area contributed by atoms with Crippen LogP contribution in [0, 0.1) is 17.6 Å². The van der Waals surface area contributed by atoms with Gasteiger partial charge in [-0.3, -0.25) is 4.90 Å². The number of nitrogens with one attached hydrogen (secondary N) is 1. The van der Waals surface area contributed by atoms with Crippen LogP contribution in [0.25, 0.3) is 10.9 Å². The highest BCUT2D eigenvalue weighted by Crippen LogP contribution is 2.33. The van der Waals surface area contributed by atoms with Crippen LogP contribution in [0.3, 0.4) is 0 Å². The average Bonchev–Trinajstić information content (AvgIpc) is 2.78. The normalized spacial score (nSPS) is 18.0. The maximum Gasteiger partial charge on any atom is 0.319 e. The smallest absolute Gasteiger partial charge is 0.319 e. The molecule has 180 valence electrons. The monoisotopic (exact) mass is 531 g/mol. The number of primary amides is 1. The van der Waals surface area contributed by atoms with Gasteiger partial charge in [-0.05, 0) is 49.8 Å². The van der Waals surface area contributed by atoms with Gasteiger partial charge in [0.05, 0.1) is 5.52 Å². The van der Waals surface area contributed by atoms with Crippen LogP contribution in [0.1, 0.15) is 25.7 Å². The van der Waals surface area contributed by atoms with Crippen LogP contribution in [0.4, 0.5) is 30.8 Å². The molecule has 1 heterocycles. The fourth-order valence-electron chi connectivity index (χ4n) is 4.64. The number of halogens is 3. The average molecular weight is 532 g/mol. The van der Waals surface area contributed by atoms with Gasteiger partial charge in [0.25, 0.3) is 0 Å². The molecule has 2 aromatic carbocycles. The number of para-hydroxylation sites is 1. The second kappa shape index (κ2) is 10.1. The van der Waals surface area contributed by atoms with Crippen molar-refractivity contribution in [1.29, 1.82) is 0 Å². The van der Waals surface area contributed by atoms with E-state index in [2.05, 4.69) is 38.3 Å². The lowest BCUT2D eigenvalue weighted by Crippen LogP contribution is -2.42. The van der Waals surface area contributed by atoms with Crippen molar-refractivity contribution in [3.8, 4) is 0 Å². The molecule has 1 aliphatic rings. The summed E-state index contributed by atoms with van der Waals surface area (Å²) in [5, 5.41) is 4.65. The summed E-state index contributed by atoms with van der Waals surface area (Å²) < 4.78 is 29.1. The van der Waals surface area contributed by atoms with Gasteiger partial charge >= 0.3 is 6.03 Å². The molecular formula is C25H28BrF2N5O. The van der Waals surface area contributed by atoms with Crippen LogP contribution >= 0.6 is 15.9 Å². The topological polar surface area (TPSA) is 74.5 Å². The van der Waals surface area contributed by atoms with Gasteiger partial charge in [-0.2, -0.15) is 0 Å². The molecule has 3 aromatic rings. The Balaban J connectivity index is 1.43. The van der Waals surface area contributed by atoms with Crippen molar-refractivity contribution in [2.24, 2.45) is 11.7 Å². The number of urea groups is 1. The van der Waals surface area contributed by atoms with E-state index in [-0.39, 0.29) is 23.0 Å². The van der Waals surface area contributed by atoms with Crippen molar-refractivity contribution < 1.29 is 13.6 Å². The fraction of sp³-hybridized carbons (Fsp3) is 0.360. The van der Waals surface area contributed by atoms with Crippen molar-refractivity contribution in [2.45, 2.75) is 31.7 Å². The second-order valence-electron chi connectivity index (χ2n) is 8.97. The Kier molecular flexibility index (Phi) is 7.21. The van der Waals surface area contributed by atoms with E-state index >= 15 is 0 Å². The van der Waals surface area contributed by atoms with Gasteiger partial charge in [-0.25, -0.2) is 18.6 Å². The second-order valence-corrected chi connectivity index (χ2v) is 9.88. The number of benzene rings is 2. The van der Waals surface area contributed by atoms with Crippen LogP contribution in [-0.2, 0) is 0 Å². The van der Waals surface area contributed by atoms with E-state index in [0.717, 1.165) is 65.1 Å². The maximum absolute atomic E-state index is 14.4. The summed E-state index contributed by atoms with van der Waals surface area (Å²) in [6.07, 6.45) is 3.31. The number of hydrogen-bond acceptors (Lipinski definition) is 4. The number of hydrogen-bond donors (Lipinski definition) is 2. The molecule has 2 amide bonds. The van der Waals surface area contributed by atoms with Crippen LogP contribution in [0.2, 0.25) is 0 Å². The van der Waals surface area contributed by atoms with E-state index in [1.165, 1.54) is 0 Å². The van der Waals surface area contributed by atoms with E-state index in [4.69, 9.17) is 10.7 Å². The summed E-state index contributed by atoms with van der Waals surface area (Å²) in [5.74, 6) is -0.723. The van der Waals surface area contributed by atoms with E-state index in [1.807, 2.05) is 32.3 Å². The molecule has 0 unspecified atom stereocenters. The minimum atomic E-state index is -0.864. The number of pyridine rings is 1. The summed E-state index contributed by atoms with van der Waals surface area (Å²) in [4.78, 5) is 19.9. The zero-order valence-electron chi connectivity index (χ0n) is 19.2. The Morgan fingerprint density at radius 3 is 2.38 bits per heavy atom. The predicted molar refractivity (Wildman–Crippen MR) is 136 cm³/mol. The minimum Gasteiger partial charge on any atom is -0.377 e. The molecule has 0 radical (unpaired) electrons. The molecule has 9 heteroatoms. The van der Waals surface area contributed by atoms with Crippen molar-refractivity contribution in [1.82, 2.24) is 4.98 Å². The number of aromatic nitrogens is 1. The lowest BCUT2D eigenvalue weighted by molar-refractivity contribution is 0.250. The summed E-state index contributed by atoms with van der Waals surface area (Å²) in [6, 6.07) is 11.7. The Labute approximate surface area is 206 Å². The largest absolute Gasteiger partial charge is 0.377 e. The number of carbonyl (C=O) groups is 1. The molecule has 0 bridgehead atoms. The Hall–Kier alpha value is -2.94. The predicted octanol–water partition coefficient (Wildman–Crippen LogP) is 5.90. The van der Waals surface area contributed by atoms with E-state index < -0.39 is 23.4 Å². The molecule has 1 aromatic heterocycles. The van der Waals surface area contributed by atoms with E-state index in [0.29, 0.717) is 0 Å². The quantitative estimate of drug-likeness (QED) is 0.415. The van der Waals surface area contributed by atoms with Gasteiger partial charge in [0.15, 0.2) is 11.6 Å². The first-order valence-electron chi connectivity index (χ1n) is 11.3. The lowest BCUT2D eigenvalue weighted by Gasteiger charge is -2.33. The molecule has 6 nitrogen and oxygen atoms in total. The van der Waals surface area contributed by atoms with Crippen LogP contribution in [0.15, 0.2) is 46.9 Å². The summed E-state index contributed by atoms with van der Waals surface area (Å²) in [6.45, 7) is 0.177. The number of amides is 2. The maximum atomic E-state index is 14.4. The number of anilines is 3. The molecule has 1 saturated carbocycles. The molecule has 0 aliphatic heterocycles. The van der Waals surface area contributed by atoms with Gasteiger partial charge < -0.3 is 16.0 Å². The standard InChI is InChI=1S/C25H28BrF2N5O/c1-32(2)22-13-23(31-21-6-4-3-5-18(21)22)30-17-9-7-15(8-10-17)14-33(25(29)34)24-19(27)11-16(26)12-20(24)28/h3-6,11-13,15,17H,7-10,14H2,1-2H3,(H2,29,34)(H,30,31). The Morgan fingerprint density at radius 1 is 1.12 bits per heavy atom. The lowest BCUT2D eigenvalue weighted by atomic mass is 9.85. The summed E-state index contributed by atoms with van der Waals surface area (Å²) in [7, 11) is 4.02. The molecule has 4 rings (SSSR count). The molecular weight excluding hydrogens is 504 g/mol. The molecule has 0 saturated heterocycles. The van der Waals surface area contributed by atoms with Gasteiger partial charge in [-0.15, -0.1) is 0 Å². The Bertz CT molecular complexity index is 1170. The number of fused-ring (bicyclic) bond motifs is 1. The number of carbonyl (C=O) groups excluding carboxylic acids is 1. The SMILES string of the molecule is CN(C)c1cc(NC2CCC(CN(C(N)=O)c3c(F)cc(Br)cc3F)CC2)nc2ccccc12. The summed E-state index contributed by atoms with van der Waals surface area (Å²) >= 11 is 3.06. The zero-order chi connectivity index (χ0) is 24.4. The highest BCUT2D eigenvalue weighted by Gasteiger charge is 2.28. The van der Waals surface area contributed by atoms with E-state index in [1.54, 1.807) is 0 Å². The van der Waals surface area contributed by atoms with Gasteiger partial charge in [0.2, 0.25) is 0 Å². The number of nitrogens with two attached hydrogens (primary N) is 1. The highest BCUT2D eigenvalue weighted by atomic mass is 79.9. The molecule has 34 heavy (non-hydrogen) atoms.